The Balaban J connectivity index is 1.98. The fraction of sp³-hybridized carbons (Fsp3) is 0.286. The van der Waals surface area contributed by atoms with Crippen LogP contribution in [0.2, 0.25) is 0 Å². The van der Waals surface area contributed by atoms with Gasteiger partial charge in [0.25, 0.3) is 0 Å². The summed E-state index contributed by atoms with van der Waals surface area (Å²) in [5.74, 6) is -0.840. The molecule has 20 heavy (non-hydrogen) atoms. The van der Waals surface area contributed by atoms with Gasteiger partial charge in [-0.1, -0.05) is 12.1 Å². The number of nitriles is 1. The minimum absolute atomic E-state index is 0.0359. The summed E-state index contributed by atoms with van der Waals surface area (Å²) in [7, 11) is 0. The van der Waals surface area contributed by atoms with E-state index in [0.29, 0.717) is 24.2 Å². The molecule has 0 saturated carbocycles. The first-order valence-electron chi connectivity index (χ1n) is 6.28. The molecule has 6 nitrogen and oxygen atoms in total. The number of benzene rings is 1. The molecule has 2 atom stereocenters. The molecule has 1 unspecified atom stereocenters. The largest absolute Gasteiger partial charge is 0.480 e. The van der Waals surface area contributed by atoms with Gasteiger partial charge in [-0.2, -0.15) is 5.26 Å². The minimum Gasteiger partial charge on any atom is -0.480 e. The Hall–Kier alpha value is -2.52. The summed E-state index contributed by atoms with van der Waals surface area (Å²) in [6, 6.07) is 8.60. The predicted molar refractivity (Wildman–Crippen MR) is 74.3 cm³/mol. The van der Waals surface area contributed by atoms with E-state index in [2.05, 4.69) is 16.7 Å². The summed E-state index contributed by atoms with van der Waals surface area (Å²) in [5, 5.41) is 23.7. The highest BCUT2D eigenvalue weighted by atomic mass is 16.4. The molecular formula is C14H16N4O2. The molecule has 1 aromatic rings. The van der Waals surface area contributed by atoms with Crippen LogP contribution in [-0.4, -0.2) is 29.7 Å². The van der Waals surface area contributed by atoms with Gasteiger partial charge < -0.3 is 21.5 Å². The Morgan fingerprint density at radius 2 is 2.40 bits per heavy atom. The van der Waals surface area contributed by atoms with Crippen LogP contribution in [0.3, 0.4) is 0 Å². The molecule has 6 heteroatoms. The average molecular weight is 272 g/mol. The van der Waals surface area contributed by atoms with Crippen molar-refractivity contribution in [2.75, 3.05) is 6.54 Å². The van der Waals surface area contributed by atoms with Gasteiger partial charge in [-0.3, -0.25) is 4.79 Å². The number of hydrogen-bond donors (Lipinski definition) is 4. The first-order valence-corrected chi connectivity index (χ1v) is 6.28. The molecule has 1 aliphatic rings. The van der Waals surface area contributed by atoms with Gasteiger partial charge in [-0.15, -0.1) is 0 Å². The number of aliphatic carboxylic acids is 1. The monoisotopic (exact) mass is 272 g/mol. The van der Waals surface area contributed by atoms with Crippen molar-refractivity contribution in [1.29, 1.82) is 5.26 Å². The smallest absolute Gasteiger partial charge is 0.320 e. The zero-order chi connectivity index (χ0) is 14.5. The molecule has 1 fully saturated rings. The fourth-order valence-corrected chi connectivity index (χ4v) is 2.11. The Bertz CT molecular complexity index is 577. The average Bonchev–Trinajstić information content (AvgIpc) is 2.94. The van der Waals surface area contributed by atoms with Gasteiger partial charge in [0, 0.05) is 24.4 Å². The second-order valence-corrected chi connectivity index (χ2v) is 4.69. The van der Waals surface area contributed by atoms with E-state index >= 15 is 0 Å². The zero-order valence-electron chi connectivity index (χ0n) is 10.8. The van der Waals surface area contributed by atoms with E-state index in [-0.39, 0.29) is 6.04 Å². The van der Waals surface area contributed by atoms with Crippen molar-refractivity contribution in [2.24, 2.45) is 5.73 Å². The van der Waals surface area contributed by atoms with E-state index in [9.17, 15) is 4.79 Å². The van der Waals surface area contributed by atoms with E-state index in [1.165, 1.54) is 0 Å². The third kappa shape index (κ3) is 3.28. The normalized spacial score (nSPS) is 22.2. The highest BCUT2D eigenvalue weighted by Crippen LogP contribution is 2.12. The number of nitrogens with one attached hydrogen (secondary N) is 2. The van der Waals surface area contributed by atoms with Crippen LogP contribution in [0.15, 0.2) is 30.5 Å². The van der Waals surface area contributed by atoms with Gasteiger partial charge in [-0.05, 0) is 18.6 Å². The van der Waals surface area contributed by atoms with Crippen LogP contribution >= 0.6 is 0 Å². The summed E-state index contributed by atoms with van der Waals surface area (Å²) < 4.78 is 0. The van der Waals surface area contributed by atoms with E-state index < -0.39 is 12.0 Å². The molecule has 0 amide bonds. The van der Waals surface area contributed by atoms with Gasteiger partial charge in [0.05, 0.1) is 17.3 Å². The van der Waals surface area contributed by atoms with E-state index in [1.54, 1.807) is 24.4 Å². The minimum atomic E-state index is -0.840. The fourth-order valence-electron chi connectivity index (χ4n) is 2.11. The van der Waals surface area contributed by atoms with Crippen molar-refractivity contribution in [3.63, 3.8) is 0 Å². The van der Waals surface area contributed by atoms with Crippen LogP contribution in [0.1, 0.15) is 17.5 Å². The number of hydrogen-bond acceptors (Lipinski definition) is 5. The maximum atomic E-state index is 10.8. The second-order valence-electron chi connectivity index (χ2n) is 4.69. The Morgan fingerprint density at radius 3 is 3.05 bits per heavy atom. The van der Waals surface area contributed by atoms with Gasteiger partial charge >= 0.3 is 5.97 Å². The molecule has 1 saturated heterocycles. The van der Waals surface area contributed by atoms with Crippen LogP contribution in [0.4, 0.5) is 0 Å². The first-order chi connectivity index (χ1) is 9.60. The summed E-state index contributed by atoms with van der Waals surface area (Å²) in [6.45, 7) is 0.582. The third-order valence-corrected chi connectivity index (χ3v) is 3.23. The summed E-state index contributed by atoms with van der Waals surface area (Å²) in [6.07, 6.45) is 2.17. The molecule has 5 N–H and O–H groups in total. The van der Waals surface area contributed by atoms with Crippen LogP contribution in [0.5, 0.6) is 0 Å². The van der Waals surface area contributed by atoms with Crippen molar-refractivity contribution in [3.05, 3.63) is 41.6 Å². The van der Waals surface area contributed by atoms with Crippen molar-refractivity contribution >= 4 is 11.7 Å². The van der Waals surface area contributed by atoms with Gasteiger partial charge in [-0.25, -0.2) is 0 Å². The predicted octanol–water partition coefficient (Wildman–Crippen LogP) is 0.220. The summed E-state index contributed by atoms with van der Waals surface area (Å²) in [4.78, 5) is 10.8. The van der Waals surface area contributed by atoms with Crippen LogP contribution in [0.25, 0.3) is 5.70 Å². The first kappa shape index (κ1) is 13.9. The lowest BCUT2D eigenvalue weighted by Gasteiger charge is -2.10. The molecule has 0 radical (unpaired) electrons. The lowest BCUT2D eigenvalue weighted by atomic mass is 10.1. The topological polar surface area (TPSA) is 111 Å². The van der Waals surface area contributed by atoms with Crippen molar-refractivity contribution in [3.8, 4) is 6.07 Å². The number of nitrogens with zero attached hydrogens (tertiary/aromatic N) is 1. The van der Waals surface area contributed by atoms with Crippen LogP contribution < -0.4 is 16.4 Å². The standard InChI is InChI=1S/C14H16N4O2/c15-6-9-2-1-3-10(4-9)12(16)8-17-11-5-13(14(19)20)18-7-11/h1-4,8,11,13,17-18H,5,7,16H2,(H,19,20)/b12-8-/t11?,13-/m0/s1. The SMILES string of the molecule is N#Cc1cccc(/C(N)=C/NC2CN[C@H](C(=O)O)C2)c1. The maximum Gasteiger partial charge on any atom is 0.320 e. The molecule has 1 heterocycles. The molecule has 0 bridgehead atoms. The number of nitrogens with two attached hydrogens (primary N) is 1. The molecule has 1 aliphatic heterocycles. The molecule has 1 aromatic carbocycles. The maximum absolute atomic E-state index is 10.8. The van der Waals surface area contributed by atoms with Crippen molar-refractivity contribution in [1.82, 2.24) is 10.6 Å². The molecule has 0 aromatic heterocycles. The van der Waals surface area contributed by atoms with Crippen molar-refractivity contribution in [2.45, 2.75) is 18.5 Å². The lowest BCUT2D eigenvalue weighted by molar-refractivity contribution is -0.139. The van der Waals surface area contributed by atoms with E-state index in [0.717, 1.165) is 5.56 Å². The Kier molecular flexibility index (Phi) is 4.23. The summed E-state index contributed by atoms with van der Waals surface area (Å²) in [5.41, 5.74) is 7.77. The number of carboxylic acids is 1. The number of carboxylic acid groups (broad SMARTS) is 1. The Morgan fingerprint density at radius 1 is 1.60 bits per heavy atom. The van der Waals surface area contributed by atoms with Gasteiger partial charge in [0.15, 0.2) is 0 Å². The molecular weight excluding hydrogens is 256 g/mol. The quantitative estimate of drug-likeness (QED) is 0.624. The summed E-state index contributed by atoms with van der Waals surface area (Å²) >= 11 is 0. The number of rotatable bonds is 4. The number of carbonyl (C=O) groups is 1. The van der Waals surface area contributed by atoms with Gasteiger partial charge in [0.2, 0.25) is 0 Å². The second kappa shape index (κ2) is 6.08. The highest BCUT2D eigenvalue weighted by molar-refractivity contribution is 5.74. The molecule has 0 aliphatic carbocycles. The molecule has 0 spiro atoms. The lowest BCUT2D eigenvalue weighted by Crippen LogP contribution is -2.30. The Labute approximate surface area is 116 Å². The van der Waals surface area contributed by atoms with E-state index in [1.807, 2.05) is 6.07 Å². The zero-order valence-corrected chi connectivity index (χ0v) is 10.8. The highest BCUT2D eigenvalue weighted by Gasteiger charge is 2.28. The third-order valence-electron chi connectivity index (χ3n) is 3.23. The van der Waals surface area contributed by atoms with Crippen molar-refractivity contribution < 1.29 is 9.90 Å². The molecule has 2 rings (SSSR count). The van der Waals surface area contributed by atoms with Gasteiger partial charge in [0.1, 0.15) is 6.04 Å². The van der Waals surface area contributed by atoms with Crippen LogP contribution in [-0.2, 0) is 4.79 Å². The van der Waals surface area contributed by atoms with E-state index in [4.69, 9.17) is 16.1 Å². The van der Waals surface area contributed by atoms with Crippen LogP contribution in [0, 0.1) is 11.3 Å². The molecule has 104 valence electrons.